The molecule has 35 heavy (non-hydrogen) atoms. The van der Waals surface area contributed by atoms with Crippen LogP contribution in [0.25, 0.3) is 22.3 Å². The van der Waals surface area contributed by atoms with Crippen molar-refractivity contribution < 1.29 is 24.2 Å². The van der Waals surface area contributed by atoms with E-state index in [-0.39, 0.29) is 24.2 Å². The molecule has 2 aliphatic heterocycles. The zero-order chi connectivity index (χ0) is 24.3. The van der Waals surface area contributed by atoms with Crippen molar-refractivity contribution in [1.29, 1.82) is 0 Å². The number of esters is 2. The average molecular weight is 468 g/mol. The molecule has 174 valence electrons. The predicted molar refractivity (Wildman–Crippen MR) is 125 cm³/mol. The molecule has 0 amide bonds. The summed E-state index contributed by atoms with van der Waals surface area (Å²) in [5, 5.41) is 11.9. The van der Waals surface area contributed by atoms with Gasteiger partial charge in [0.2, 0.25) is 6.23 Å². The Balaban J connectivity index is 1.60. The zero-order valence-electron chi connectivity index (χ0n) is 18.7. The lowest BCUT2D eigenvalue weighted by Crippen LogP contribution is -2.44. The molecule has 0 fully saturated rings. The topological polar surface area (TPSA) is 108 Å². The molecular formula is C27H20N2O6. The smallest absolute Gasteiger partial charge is 0.343 e. The third-order valence-electron chi connectivity index (χ3n) is 6.71. The first-order valence-electron chi connectivity index (χ1n) is 11.3. The van der Waals surface area contributed by atoms with Crippen LogP contribution >= 0.6 is 0 Å². The van der Waals surface area contributed by atoms with Gasteiger partial charge in [-0.1, -0.05) is 43.3 Å². The number of aromatic nitrogens is 2. The van der Waals surface area contributed by atoms with Crippen LogP contribution in [0.2, 0.25) is 0 Å². The van der Waals surface area contributed by atoms with Crippen molar-refractivity contribution in [3.05, 3.63) is 99.3 Å². The Bertz CT molecular complexity index is 1590. The highest BCUT2D eigenvalue weighted by Gasteiger charge is 2.46. The monoisotopic (exact) mass is 468 g/mol. The van der Waals surface area contributed by atoms with E-state index in [1.165, 1.54) is 4.57 Å². The second-order valence-corrected chi connectivity index (χ2v) is 8.63. The molecule has 1 N–H and O–H groups in total. The van der Waals surface area contributed by atoms with Crippen LogP contribution in [0.1, 0.15) is 46.6 Å². The summed E-state index contributed by atoms with van der Waals surface area (Å²) < 4.78 is 12.4. The number of carbonyl (C=O) groups is 2. The number of benzene rings is 2. The summed E-state index contributed by atoms with van der Waals surface area (Å²) in [6.07, 6.45) is -1.04. The molecule has 0 saturated carbocycles. The molecule has 0 radical (unpaired) electrons. The highest BCUT2D eigenvalue weighted by molar-refractivity contribution is 5.90. The van der Waals surface area contributed by atoms with Gasteiger partial charge >= 0.3 is 11.9 Å². The molecule has 4 aromatic rings. The minimum Gasteiger partial charge on any atom is -0.458 e. The van der Waals surface area contributed by atoms with Gasteiger partial charge in [0.15, 0.2) is 5.60 Å². The number of ether oxygens (including phenoxy) is 2. The number of aliphatic hydroxyl groups is 1. The van der Waals surface area contributed by atoms with E-state index in [4.69, 9.17) is 14.5 Å². The number of hydrogen-bond acceptors (Lipinski definition) is 7. The largest absolute Gasteiger partial charge is 0.458 e. The molecular weight excluding hydrogens is 448 g/mol. The summed E-state index contributed by atoms with van der Waals surface area (Å²) in [6.45, 7) is 1.37. The van der Waals surface area contributed by atoms with Gasteiger partial charge in [-0.05, 0) is 36.8 Å². The summed E-state index contributed by atoms with van der Waals surface area (Å²) in [5.41, 5.74) is 0.287. The Labute approximate surface area is 199 Å². The summed E-state index contributed by atoms with van der Waals surface area (Å²) in [5.74, 6) is -1.39. The van der Waals surface area contributed by atoms with E-state index in [0.29, 0.717) is 28.0 Å². The lowest BCUT2D eigenvalue weighted by molar-refractivity contribution is -0.172. The molecule has 8 heteroatoms. The molecule has 2 atom stereocenters. The van der Waals surface area contributed by atoms with E-state index < -0.39 is 29.3 Å². The minimum absolute atomic E-state index is 0.0339. The van der Waals surface area contributed by atoms with E-state index in [9.17, 15) is 19.5 Å². The number of carbonyl (C=O) groups excluding carboxylic acids is 2. The summed E-state index contributed by atoms with van der Waals surface area (Å²) in [7, 11) is 0. The molecule has 2 aromatic carbocycles. The van der Waals surface area contributed by atoms with E-state index in [1.54, 1.807) is 43.3 Å². The van der Waals surface area contributed by atoms with Crippen molar-refractivity contribution in [3.8, 4) is 11.4 Å². The third kappa shape index (κ3) is 3.03. The second-order valence-electron chi connectivity index (χ2n) is 8.63. The van der Waals surface area contributed by atoms with Crippen molar-refractivity contribution in [3.63, 3.8) is 0 Å². The fourth-order valence-electron chi connectivity index (χ4n) is 4.81. The molecule has 0 bridgehead atoms. The maximum Gasteiger partial charge on any atom is 0.343 e. The Hall–Kier alpha value is -4.30. The first kappa shape index (κ1) is 21.2. The van der Waals surface area contributed by atoms with Gasteiger partial charge in [-0.25, -0.2) is 14.6 Å². The fraction of sp³-hybridized carbons (Fsp3) is 0.185. The van der Waals surface area contributed by atoms with Crippen LogP contribution in [-0.4, -0.2) is 26.6 Å². The number of rotatable bonds is 3. The van der Waals surface area contributed by atoms with Crippen LogP contribution in [0.3, 0.4) is 0 Å². The van der Waals surface area contributed by atoms with Crippen molar-refractivity contribution in [2.75, 3.05) is 0 Å². The van der Waals surface area contributed by atoms with Crippen LogP contribution in [0.5, 0.6) is 0 Å². The maximum atomic E-state index is 13.7. The second kappa shape index (κ2) is 7.61. The molecule has 2 aliphatic rings. The van der Waals surface area contributed by atoms with Crippen LogP contribution < -0.4 is 5.56 Å². The molecule has 8 nitrogen and oxygen atoms in total. The zero-order valence-corrected chi connectivity index (χ0v) is 18.7. The van der Waals surface area contributed by atoms with Gasteiger partial charge in [-0.2, -0.15) is 0 Å². The number of nitrogens with zero attached hydrogens (tertiary/aromatic N) is 2. The van der Waals surface area contributed by atoms with Gasteiger partial charge in [0.05, 0.1) is 28.0 Å². The highest BCUT2D eigenvalue weighted by Crippen LogP contribution is 2.43. The summed E-state index contributed by atoms with van der Waals surface area (Å²) in [4.78, 5) is 44.0. The van der Waals surface area contributed by atoms with Gasteiger partial charge in [0.1, 0.15) is 6.61 Å². The first-order chi connectivity index (χ1) is 16.9. The van der Waals surface area contributed by atoms with Gasteiger partial charge in [0.25, 0.3) is 5.56 Å². The van der Waals surface area contributed by atoms with Crippen molar-refractivity contribution >= 4 is 22.8 Å². The van der Waals surface area contributed by atoms with E-state index >= 15 is 0 Å². The molecule has 4 heterocycles. The Kier molecular flexibility index (Phi) is 4.62. The SMILES string of the molecule is CC[C@@]1(O)C(=O)OCc2c1cc1n(c2=O)C(OC(=O)c2ccccc2)c2cc3ccccc3nc2-1. The molecule has 0 spiro atoms. The van der Waals surface area contributed by atoms with Crippen molar-refractivity contribution in [2.45, 2.75) is 31.8 Å². The van der Waals surface area contributed by atoms with Crippen molar-refractivity contribution in [2.24, 2.45) is 0 Å². The standard InChI is InChI=1S/C27H20N2O6/c1-2-27(33)19-13-21-22-17(12-16-10-6-7-11-20(16)28-22)24(35-25(31)15-8-4-3-5-9-15)29(21)23(30)18(19)14-34-26(27)32/h3-13,24,33H,2,14H2,1H3/t24?,27-/m0/s1. The van der Waals surface area contributed by atoms with E-state index in [1.807, 2.05) is 30.3 Å². The molecule has 1 unspecified atom stereocenters. The molecule has 6 rings (SSSR count). The first-order valence-corrected chi connectivity index (χ1v) is 11.3. The quantitative estimate of drug-likeness (QED) is 0.459. The average Bonchev–Trinajstić information content (AvgIpc) is 3.18. The number of fused-ring (bicyclic) bond motifs is 5. The molecule has 0 aliphatic carbocycles. The van der Waals surface area contributed by atoms with Crippen LogP contribution in [0.15, 0.2) is 71.5 Å². The minimum atomic E-state index is -1.95. The van der Waals surface area contributed by atoms with Crippen LogP contribution in [0.4, 0.5) is 0 Å². The van der Waals surface area contributed by atoms with E-state index in [2.05, 4.69) is 0 Å². The fourth-order valence-corrected chi connectivity index (χ4v) is 4.81. The number of pyridine rings is 2. The predicted octanol–water partition coefficient (Wildman–Crippen LogP) is 3.44. The normalized spacial score (nSPS) is 20.1. The Morgan fingerprint density at radius 3 is 2.66 bits per heavy atom. The number of hydrogen-bond donors (Lipinski definition) is 1. The van der Waals surface area contributed by atoms with Gasteiger partial charge in [0, 0.05) is 16.5 Å². The highest BCUT2D eigenvalue weighted by atomic mass is 16.6. The molecule has 0 saturated heterocycles. The van der Waals surface area contributed by atoms with Crippen LogP contribution in [-0.2, 0) is 26.5 Å². The van der Waals surface area contributed by atoms with Gasteiger partial charge < -0.3 is 14.6 Å². The van der Waals surface area contributed by atoms with E-state index in [0.717, 1.165) is 5.39 Å². The summed E-state index contributed by atoms with van der Waals surface area (Å²) >= 11 is 0. The molecule has 2 aromatic heterocycles. The Morgan fingerprint density at radius 1 is 1.14 bits per heavy atom. The lowest BCUT2D eigenvalue weighted by Gasteiger charge is -2.32. The lowest BCUT2D eigenvalue weighted by atomic mass is 9.86. The number of cyclic esters (lactones) is 1. The van der Waals surface area contributed by atoms with Crippen LogP contribution in [0, 0.1) is 0 Å². The van der Waals surface area contributed by atoms with Crippen molar-refractivity contribution in [1.82, 2.24) is 9.55 Å². The summed E-state index contributed by atoms with van der Waals surface area (Å²) in [6, 6.07) is 19.4. The van der Waals surface area contributed by atoms with Gasteiger partial charge in [-0.3, -0.25) is 9.36 Å². The number of para-hydroxylation sites is 1. The van der Waals surface area contributed by atoms with Gasteiger partial charge in [-0.15, -0.1) is 0 Å². The Morgan fingerprint density at radius 2 is 1.89 bits per heavy atom. The third-order valence-corrected chi connectivity index (χ3v) is 6.71. The maximum absolute atomic E-state index is 13.7.